The largest absolute Gasteiger partial charge is 0.331 e. The van der Waals surface area contributed by atoms with Crippen LogP contribution in [0.1, 0.15) is 35.2 Å². The molecule has 1 unspecified atom stereocenters. The third-order valence-electron chi connectivity index (χ3n) is 5.13. The minimum atomic E-state index is -0.174. The Kier molecular flexibility index (Phi) is 4.97. The summed E-state index contributed by atoms with van der Waals surface area (Å²) in [5.41, 5.74) is 3.69. The number of aromatic amines is 1. The van der Waals surface area contributed by atoms with Crippen LogP contribution in [-0.2, 0) is 19.5 Å². The Morgan fingerprint density at radius 3 is 2.93 bits per heavy atom. The first-order chi connectivity index (χ1) is 13.6. The van der Waals surface area contributed by atoms with Gasteiger partial charge >= 0.3 is 6.03 Å². The molecular weight excluding hydrogens is 354 g/mol. The van der Waals surface area contributed by atoms with Gasteiger partial charge in [-0.25, -0.2) is 4.79 Å². The van der Waals surface area contributed by atoms with E-state index >= 15 is 0 Å². The number of nitrogens with one attached hydrogen (secondary N) is 2. The average molecular weight is 377 g/mol. The van der Waals surface area contributed by atoms with Gasteiger partial charge in [-0.15, -0.1) is 0 Å². The minimum absolute atomic E-state index is 0.120. The van der Waals surface area contributed by atoms with Crippen molar-refractivity contribution in [3.05, 3.63) is 87.6 Å². The molecule has 0 spiro atoms. The zero-order valence-electron chi connectivity index (χ0n) is 15.8. The van der Waals surface area contributed by atoms with Crippen molar-refractivity contribution >= 4 is 6.03 Å². The van der Waals surface area contributed by atoms with Gasteiger partial charge in [0.1, 0.15) is 0 Å². The highest BCUT2D eigenvalue weighted by atomic mass is 16.2. The van der Waals surface area contributed by atoms with Crippen molar-refractivity contribution in [2.75, 3.05) is 6.54 Å². The predicted molar refractivity (Wildman–Crippen MR) is 106 cm³/mol. The zero-order valence-corrected chi connectivity index (χ0v) is 15.8. The summed E-state index contributed by atoms with van der Waals surface area (Å²) in [5.74, 6) is 0. The summed E-state index contributed by atoms with van der Waals surface area (Å²) in [5, 5.41) is 7.41. The standard InChI is InChI=1S/C21H23N5O2/c1-15(18-11-23-26(13-18)12-16-5-3-2-4-6-16)24-21(28)25-10-8-17-7-9-22-20(27)19(17)14-25/h2-7,9,11,13,15H,8,10,12,14H2,1H3,(H,22,27)(H,24,28). The number of urea groups is 1. The highest BCUT2D eigenvalue weighted by molar-refractivity contribution is 5.75. The fraction of sp³-hybridized carbons (Fsp3) is 0.286. The summed E-state index contributed by atoms with van der Waals surface area (Å²) < 4.78 is 1.87. The topological polar surface area (TPSA) is 83.0 Å². The fourth-order valence-electron chi connectivity index (χ4n) is 3.48. The molecular formula is C21H23N5O2. The number of fused-ring (bicyclic) bond motifs is 1. The maximum atomic E-state index is 12.7. The van der Waals surface area contributed by atoms with Gasteiger partial charge in [0.2, 0.25) is 0 Å². The maximum Gasteiger partial charge on any atom is 0.318 e. The molecule has 0 saturated carbocycles. The molecule has 0 radical (unpaired) electrons. The van der Waals surface area contributed by atoms with Crippen molar-refractivity contribution in [1.29, 1.82) is 0 Å². The second kappa shape index (κ2) is 7.72. The summed E-state index contributed by atoms with van der Waals surface area (Å²) in [6.07, 6.45) is 6.08. The molecule has 1 aliphatic rings. The normalized spacial score (nSPS) is 14.4. The van der Waals surface area contributed by atoms with Gasteiger partial charge < -0.3 is 15.2 Å². The van der Waals surface area contributed by atoms with E-state index in [-0.39, 0.29) is 17.6 Å². The van der Waals surface area contributed by atoms with Gasteiger partial charge in [0.05, 0.1) is 25.3 Å². The van der Waals surface area contributed by atoms with Crippen LogP contribution in [0.25, 0.3) is 0 Å². The van der Waals surface area contributed by atoms with E-state index in [0.29, 0.717) is 31.6 Å². The van der Waals surface area contributed by atoms with Gasteiger partial charge in [0.25, 0.3) is 5.56 Å². The highest BCUT2D eigenvalue weighted by Gasteiger charge is 2.24. The molecule has 1 aromatic carbocycles. The van der Waals surface area contributed by atoms with Crippen LogP contribution < -0.4 is 10.9 Å². The molecule has 1 aliphatic heterocycles. The van der Waals surface area contributed by atoms with Gasteiger partial charge in [-0.05, 0) is 30.5 Å². The molecule has 28 heavy (non-hydrogen) atoms. The van der Waals surface area contributed by atoms with Crippen LogP contribution in [0.15, 0.2) is 59.8 Å². The third kappa shape index (κ3) is 3.83. The Morgan fingerprint density at radius 2 is 2.11 bits per heavy atom. The Morgan fingerprint density at radius 1 is 1.29 bits per heavy atom. The van der Waals surface area contributed by atoms with Crippen molar-refractivity contribution in [2.24, 2.45) is 0 Å². The van der Waals surface area contributed by atoms with Crippen LogP contribution in [0.3, 0.4) is 0 Å². The van der Waals surface area contributed by atoms with E-state index in [0.717, 1.165) is 11.1 Å². The Bertz CT molecular complexity index is 1020. The summed E-state index contributed by atoms with van der Waals surface area (Å²) in [4.78, 5) is 29.0. The van der Waals surface area contributed by atoms with Crippen molar-refractivity contribution in [2.45, 2.75) is 32.5 Å². The Balaban J connectivity index is 1.39. The third-order valence-corrected chi connectivity index (χ3v) is 5.13. The SMILES string of the molecule is CC(NC(=O)N1CCc2cc[nH]c(=O)c2C1)c1cnn(Cc2ccccc2)c1. The first-order valence-electron chi connectivity index (χ1n) is 9.41. The number of carbonyl (C=O) groups excluding carboxylic acids is 1. The number of carbonyl (C=O) groups is 1. The van der Waals surface area contributed by atoms with E-state index in [4.69, 9.17) is 0 Å². The molecule has 0 bridgehead atoms. The molecule has 7 nitrogen and oxygen atoms in total. The summed E-state index contributed by atoms with van der Waals surface area (Å²) >= 11 is 0. The molecule has 0 saturated heterocycles. The van der Waals surface area contributed by atoms with E-state index in [1.807, 2.05) is 42.1 Å². The first-order valence-corrected chi connectivity index (χ1v) is 9.41. The van der Waals surface area contributed by atoms with Crippen molar-refractivity contribution in [1.82, 2.24) is 25.0 Å². The van der Waals surface area contributed by atoms with Gasteiger partial charge in [0, 0.05) is 30.1 Å². The van der Waals surface area contributed by atoms with Crippen LogP contribution in [0.2, 0.25) is 0 Å². The number of hydrogen-bond donors (Lipinski definition) is 2. The second-order valence-corrected chi connectivity index (χ2v) is 7.11. The fourth-order valence-corrected chi connectivity index (χ4v) is 3.48. The first kappa shape index (κ1) is 18.0. The van der Waals surface area contributed by atoms with Crippen LogP contribution >= 0.6 is 0 Å². The van der Waals surface area contributed by atoms with Crippen LogP contribution in [0, 0.1) is 0 Å². The van der Waals surface area contributed by atoms with Gasteiger partial charge in [-0.1, -0.05) is 30.3 Å². The highest BCUT2D eigenvalue weighted by Crippen LogP contribution is 2.17. The molecule has 2 N–H and O–H groups in total. The number of nitrogens with zero attached hydrogens (tertiary/aromatic N) is 3. The monoisotopic (exact) mass is 377 g/mol. The van der Waals surface area contributed by atoms with E-state index in [1.165, 1.54) is 5.56 Å². The van der Waals surface area contributed by atoms with Gasteiger partial charge in [-0.2, -0.15) is 5.10 Å². The minimum Gasteiger partial charge on any atom is -0.331 e. The molecule has 7 heteroatoms. The van der Waals surface area contributed by atoms with Gasteiger partial charge in [0.15, 0.2) is 0 Å². The smallest absolute Gasteiger partial charge is 0.318 e. The predicted octanol–water partition coefficient (Wildman–Crippen LogP) is 2.45. The molecule has 0 fully saturated rings. The maximum absolute atomic E-state index is 12.7. The molecule has 3 aromatic rings. The van der Waals surface area contributed by atoms with E-state index < -0.39 is 0 Å². The molecule has 2 amide bonds. The number of rotatable bonds is 4. The lowest BCUT2D eigenvalue weighted by atomic mass is 10.0. The van der Waals surface area contributed by atoms with Gasteiger partial charge in [-0.3, -0.25) is 9.48 Å². The molecule has 4 rings (SSSR count). The molecule has 0 aliphatic carbocycles. The number of benzene rings is 1. The van der Waals surface area contributed by atoms with Crippen LogP contribution in [0.4, 0.5) is 4.79 Å². The Labute approximate surface area is 163 Å². The molecule has 3 heterocycles. The molecule has 144 valence electrons. The van der Waals surface area contributed by atoms with Crippen LogP contribution in [-0.4, -0.2) is 32.2 Å². The number of pyridine rings is 1. The summed E-state index contributed by atoms with van der Waals surface area (Å²) in [6.45, 7) is 3.55. The van der Waals surface area contributed by atoms with Crippen molar-refractivity contribution in [3.8, 4) is 0 Å². The van der Waals surface area contributed by atoms with Crippen molar-refractivity contribution in [3.63, 3.8) is 0 Å². The molecule has 1 atom stereocenters. The lowest BCUT2D eigenvalue weighted by Crippen LogP contribution is -2.45. The molecule has 2 aromatic heterocycles. The van der Waals surface area contributed by atoms with E-state index in [2.05, 4.69) is 27.5 Å². The lowest BCUT2D eigenvalue weighted by molar-refractivity contribution is 0.189. The quantitative estimate of drug-likeness (QED) is 0.733. The van der Waals surface area contributed by atoms with E-state index in [1.54, 1.807) is 17.3 Å². The lowest BCUT2D eigenvalue weighted by Gasteiger charge is -2.29. The average Bonchev–Trinajstić information content (AvgIpc) is 3.17. The summed E-state index contributed by atoms with van der Waals surface area (Å²) in [7, 11) is 0. The Hall–Kier alpha value is -3.35. The summed E-state index contributed by atoms with van der Waals surface area (Å²) in [6, 6.07) is 11.7. The van der Waals surface area contributed by atoms with Crippen molar-refractivity contribution < 1.29 is 4.79 Å². The number of H-pyrrole nitrogens is 1. The zero-order chi connectivity index (χ0) is 19.5. The second-order valence-electron chi connectivity index (χ2n) is 7.11. The number of amides is 2. The van der Waals surface area contributed by atoms with E-state index in [9.17, 15) is 9.59 Å². The number of aromatic nitrogens is 3. The number of hydrogen-bond acceptors (Lipinski definition) is 3. The van der Waals surface area contributed by atoms with Crippen LogP contribution in [0.5, 0.6) is 0 Å².